The smallest absolute Gasteiger partial charge is 0.128 e. The van der Waals surface area contributed by atoms with Gasteiger partial charge < -0.3 is 5.32 Å². The number of nitrogens with zero attached hydrogens (tertiary/aromatic N) is 1. The highest BCUT2D eigenvalue weighted by atomic mass is 19.1. The average molecular weight is 292 g/mol. The molecule has 21 heavy (non-hydrogen) atoms. The number of piperidine rings is 1. The standard InChI is InChI=1S/C18H29FN2/c1-3-12-20-18(16-10-5-6-11-17(16)19)14-21-13-8-7-9-15(21)4-2/h5-6,10-11,15,18,20H,3-4,7-9,12-14H2,1-2H3. The minimum absolute atomic E-state index is 0.0869. The van der Waals surface area contributed by atoms with Gasteiger partial charge >= 0.3 is 0 Å². The summed E-state index contributed by atoms with van der Waals surface area (Å²) < 4.78 is 14.1. The van der Waals surface area contributed by atoms with Gasteiger partial charge in [0.15, 0.2) is 0 Å². The van der Waals surface area contributed by atoms with Crippen molar-refractivity contribution in [1.29, 1.82) is 0 Å². The number of benzene rings is 1. The molecule has 2 rings (SSSR count). The van der Waals surface area contributed by atoms with Crippen molar-refractivity contribution in [1.82, 2.24) is 10.2 Å². The molecule has 0 radical (unpaired) electrons. The minimum Gasteiger partial charge on any atom is -0.309 e. The lowest BCUT2D eigenvalue weighted by atomic mass is 9.97. The van der Waals surface area contributed by atoms with Gasteiger partial charge in [-0.15, -0.1) is 0 Å². The summed E-state index contributed by atoms with van der Waals surface area (Å²) in [5, 5.41) is 3.54. The Bertz CT molecular complexity index is 421. The Kier molecular flexibility index (Phi) is 6.65. The number of hydrogen-bond acceptors (Lipinski definition) is 2. The molecule has 1 heterocycles. The quantitative estimate of drug-likeness (QED) is 0.813. The SMILES string of the molecule is CCCNC(CN1CCCCC1CC)c1ccccc1F. The van der Waals surface area contributed by atoms with E-state index in [2.05, 4.69) is 24.1 Å². The molecule has 1 aromatic rings. The predicted octanol–water partition coefficient (Wildman–Crippen LogP) is 4.13. The number of likely N-dealkylation sites (tertiary alicyclic amines) is 1. The Morgan fingerprint density at radius 2 is 2.10 bits per heavy atom. The van der Waals surface area contributed by atoms with Gasteiger partial charge in [-0.25, -0.2) is 4.39 Å². The zero-order valence-electron chi connectivity index (χ0n) is 13.4. The second kappa shape index (κ2) is 8.50. The molecule has 0 saturated carbocycles. The summed E-state index contributed by atoms with van der Waals surface area (Å²) in [6, 6.07) is 7.96. The van der Waals surface area contributed by atoms with Crippen molar-refractivity contribution in [2.45, 2.75) is 58.0 Å². The van der Waals surface area contributed by atoms with Gasteiger partial charge in [-0.05, 0) is 44.8 Å². The first-order valence-electron chi connectivity index (χ1n) is 8.48. The number of halogens is 1. The van der Waals surface area contributed by atoms with Gasteiger partial charge in [-0.3, -0.25) is 4.90 Å². The van der Waals surface area contributed by atoms with Crippen LogP contribution in [0.25, 0.3) is 0 Å². The first-order chi connectivity index (χ1) is 10.3. The van der Waals surface area contributed by atoms with Crippen LogP contribution in [0, 0.1) is 5.82 Å². The van der Waals surface area contributed by atoms with Crippen LogP contribution in [-0.4, -0.2) is 30.6 Å². The number of hydrogen-bond donors (Lipinski definition) is 1. The summed E-state index contributed by atoms with van der Waals surface area (Å²) in [7, 11) is 0. The molecule has 2 atom stereocenters. The molecule has 0 aromatic heterocycles. The van der Waals surface area contributed by atoms with Crippen molar-refractivity contribution in [2.24, 2.45) is 0 Å². The molecule has 118 valence electrons. The van der Waals surface area contributed by atoms with Crippen LogP contribution in [0.5, 0.6) is 0 Å². The van der Waals surface area contributed by atoms with E-state index in [9.17, 15) is 4.39 Å². The molecule has 0 amide bonds. The normalized spacial score (nSPS) is 21.4. The van der Waals surface area contributed by atoms with Gasteiger partial charge in [0.1, 0.15) is 5.82 Å². The molecule has 2 unspecified atom stereocenters. The molecule has 2 nitrogen and oxygen atoms in total. The zero-order chi connectivity index (χ0) is 15.1. The summed E-state index contributed by atoms with van der Waals surface area (Å²) in [5.41, 5.74) is 0.811. The van der Waals surface area contributed by atoms with Crippen molar-refractivity contribution in [3.05, 3.63) is 35.6 Å². The van der Waals surface area contributed by atoms with E-state index in [-0.39, 0.29) is 11.9 Å². The molecule has 1 aromatic carbocycles. The van der Waals surface area contributed by atoms with E-state index in [1.165, 1.54) is 25.7 Å². The zero-order valence-corrected chi connectivity index (χ0v) is 13.4. The van der Waals surface area contributed by atoms with Crippen LogP contribution in [0.15, 0.2) is 24.3 Å². The molecule has 1 fully saturated rings. The van der Waals surface area contributed by atoms with Crippen LogP contribution < -0.4 is 5.32 Å². The molecule has 1 saturated heterocycles. The van der Waals surface area contributed by atoms with Gasteiger partial charge in [-0.2, -0.15) is 0 Å². The monoisotopic (exact) mass is 292 g/mol. The number of nitrogens with one attached hydrogen (secondary N) is 1. The van der Waals surface area contributed by atoms with Crippen LogP contribution in [0.1, 0.15) is 57.6 Å². The van der Waals surface area contributed by atoms with Gasteiger partial charge in [0.05, 0.1) is 0 Å². The maximum Gasteiger partial charge on any atom is 0.128 e. The van der Waals surface area contributed by atoms with Crippen LogP contribution in [-0.2, 0) is 0 Å². The second-order valence-electron chi connectivity index (χ2n) is 6.08. The summed E-state index contributed by atoms with van der Waals surface area (Å²) in [4.78, 5) is 2.56. The van der Waals surface area contributed by atoms with E-state index in [0.29, 0.717) is 6.04 Å². The van der Waals surface area contributed by atoms with Crippen molar-refractivity contribution >= 4 is 0 Å². The van der Waals surface area contributed by atoms with Gasteiger partial charge in [-0.1, -0.05) is 38.5 Å². The van der Waals surface area contributed by atoms with E-state index in [1.807, 2.05) is 12.1 Å². The fraction of sp³-hybridized carbons (Fsp3) is 0.667. The summed E-state index contributed by atoms with van der Waals surface area (Å²) in [6.45, 7) is 7.42. The van der Waals surface area contributed by atoms with E-state index in [4.69, 9.17) is 0 Å². The summed E-state index contributed by atoms with van der Waals surface area (Å²) >= 11 is 0. The lowest BCUT2D eigenvalue weighted by Crippen LogP contribution is -2.44. The highest BCUT2D eigenvalue weighted by Crippen LogP contribution is 2.24. The molecular weight excluding hydrogens is 263 g/mol. The largest absolute Gasteiger partial charge is 0.309 e. The summed E-state index contributed by atoms with van der Waals surface area (Å²) in [6.07, 6.45) is 6.16. The Morgan fingerprint density at radius 3 is 2.81 bits per heavy atom. The third-order valence-corrected chi connectivity index (χ3v) is 4.56. The van der Waals surface area contributed by atoms with Crippen molar-refractivity contribution in [2.75, 3.05) is 19.6 Å². The molecule has 3 heteroatoms. The lowest BCUT2D eigenvalue weighted by molar-refractivity contribution is 0.128. The topological polar surface area (TPSA) is 15.3 Å². The average Bonchev–Trinajstić information content (AvgIpc) is 2.52. The molecule has 0 spiro atoms. The first kappa shape index (κ1) is 16.4. The van der Waals surface area contributed by atoms with E-state index >= 15 is 0 Å². The third kappa shape index (κ3) is 4.52. The first-order valence-corrected chi connectivity index (χ1v) is 8.48. The van der Waals surface area contributed by atoms with Gasteiger partial charge in [0, 0.05) is 24.2 Å². The highest BCUT2D eigenvalue weighted by Gasteiger charge is 2.25. The molecular formula is C18H29FN2. The van der Waals surface area contributed by atoms with E-state index in [1.54, 1.807) is 12.1 Å². The Labute approximate surface area is 128 Å². The number of rotatable bonds is 7. The maximum absolute atomic E-state index is 14.1. The third-order valence-electron chi connectivity index (χ3n) is 4.56. The van der Waals surface area contributed by atoms with E-state index < -0.39 is 0 Å². The van der Waals surface area contributed by atoms with Crippen molar-refractivity contribution < 1.29 is 4.39 Å². The minimum atomic E-state index is -0.0869. The highest BCUT2D eigenvalue weighted by molar-refractivity contribution is 5.21. The fourth-order valence-corrected chi connectivity index (χ4v) is 3.35. The Balaban J connectivity index is 2.10. The van der Waals surface area contributed by atoms with Gasteiger partial charge in [0.2, 0.25) is 0 Å². The van der Waals surface area contributed by atoms with Crippen LogP contribution in [0.2, 0.25) is 0 Å². The molecule has 1 aliphatic heterocycles. The van der Waals surface area contributed by atoms with Crippen LogP contribution >= 0.6 is 0 Å². The lowest BCUT2D eigenvalue weighted by Gasteiger charge is -2.38. The fourth-order valence-electron chi connectivity index (χ4n) is 3.35. The van der Waals surface area contributed by atoms with Crippen LogP contribution in [0.3, 0.4) is 0 Å². The van der Waals surface area contributed by atoms with Crippen molar-refractivity contribution in [3.8, 4) is 0 Å². The second-order valence-corrected chi connectivity index (χ2v) is 6.08. The maximum atomic E-state index is 14.1. The van der Waals surface area contributed by atoms with Crippen LogP contribution in [0.4, 0.5) is 4.39 Å². The predicted molar refractivity (Wildman–Crippen MR) is 86.9 cm³/mol. The Hall–Kier alpha value is -0.930. The molecule has 0 bridgehead atoms. The summed E-state index contributed by atoms with van der Waals surface area (Å²) in [5.74, 6) is -0.0869. The molecule has 1 aliphatic rings. The Morgan fingerprint density at radius 1 is 1.29 bits per heavy atom. The molecule has 1 N–H and O–H groups in total. The molecule has 0 aliphatic carbocycles. The van der Waals surface area contributed by atoms with Crippen molar-refractivity contribution in [3.63, 3.8) is 0 Å². The van der Waals surface area contributed by atoms with Gasteiger partial charge in [0.25, 0.3) is 0 Å². The van der Waals surface area contributed by atoms with E-state index in [0.717, 1.165) is 31.6 Å².